The monoisotopic (exact) mass is 215 g/mol. The zero-order chi connectivity index (χ0) is 11.4. The van der Waals surface area contributed by atoms with Gasteiger partial charge in [-0.3, -0.25) is 9.78 Å². The topological polar surface area (TPSA) is 50.2 Å². The first-order valence-electron chi connectivity index (χ1n) is 4.44. The SMILES string of the molecule is Cc1cccc(C(CC(=O)O)C(F)F)n1. The molecule has 0 fully saturated rings. The van der Waals surface area contributed by atoms with E-state index in [0.717, 1.165) is 0 Å². The third-order valence-electron chi connectivity index (χ3n) is 1.99. The van der Waals surface area contributed by atoms with Crippen molar-refractivity contribution in [3.63, 3.8) is 0 Å². The average molecular weight is 215 g/mol. The predicted molar refractivity (Wildman–Crippen MR) is 50.0 cm³/mol. The summed E-state index contributed by atoms with van der Waals surface area (Å²) < 4.78 is 25.1. The number of hydrogen-bond donors (Lipinski definition) is 1. The molecule has 1 aromatic rings. The molecule has 0 amide bonds. The predicted octanol–water partition coefficient (Wildman–Crippen LogP) is 2.21. The van der Waals surface area contributed by atoms with Gasteiger partial charge in [0.15, 0.2) is 0 Å². The lowest BCUT2D eigenvalue weighted by atomic mass is 10.0. The lowest BCUT2D eigenvalue weighted by molar-refractivity contribution is -0.138. The molecule has 0 aliphatic rings. The molecule has 3 nitrogen and oxygen atoms in total. The van der Waals surface area contributed by atoms with Crippen LogP contribution in [0.1, 0.15) is 23.7 Å². The second kappa shape index (κ2) is 4.82. The summed E-state index contributed by atoms with van der Waals surface area (Å²) in [6.45, 7) is 1.67. The maximum Gasteiger partial charge on any atom is 0.304 e. The van der Waals surface area contributed by atoms with Crippen LogP contribution in [0.3, 0.4) is 0 Å². The van der Waals surface area contributed by atoms with Gasteiger partial charge in [-0.2, -0.15) is 0 Å². The number of aromatic nitrogens is 1. The molecule has 1 heterocycles. The van der Waals surface area contributed by atoms with Gasteiger partial charge in [0.25, 0.3) is 0 Å². The van der Waals surface area contributed by atoms with E-state index in [1.807, 2.05) is 0 Å². The Kier molecular flexibility index (Phi) is 3.71. The van der Waals surface area contributed by atoms with E-state index >= 15 is 0 Å². The number of pyridine rings is 1. The fourth-order valence-electron chi connectivity index (χ4n) is 1.28. The van der Waals surface area contributed by atoms with Gasteiger partial charge in [0.1, 0.15) is 0 Å². The fourth-order valence-corrected chi connectivity index (χ4v) is 1.28. The zero-order valence-corrected chi connectivity index (χ0v) is 8.15. The Hall–Kier alpha value is -1.52. The molecule has 1 rings (SSSR count). The van der Waals surface area contributed by atoms with Crippen molar-refractivity contribution in [3.8, 4) is 0 Å². The standard InChI is InChI=1S/C10H11F2NO2/c1-6-3-2-4-8(13-6)7(10(11)12)5-9(14)15/h2-4,7,10H,5H2,1H3,(H,14,15). The first-order valence-corrected chi connectivity index (χ1v) is 4.44. The van der Waals surface area contributed by atoms with Crippen LogP contribution in [0.2, 0.25) is 0 Å². The molecule has 1 N–H and O–H groups in total. The summed E-state index contributed by atoms with van der Waals surface area (Å²) in [6.07, 6.45) is -3.32. The molecule has 15 heavy (non-hydrogen) atoms. The highest BCUT2D eigenvalue weighted by Crippen LogP contribution is 2.25. The summed E-state index contributed by atoms with van der Waals surface area (Å²) in [5.41, 5.74) is 0.732. The number of hydrogen-bond acceptors (Lipinski definition) is 2. The molecule has 0 radical (unpaired) electrons. The Morgan fingerprint density at radius 2 is 2.20 bits per heavy atom. The lowest BCUT2D eigenvalue weighted by Crippen LogP contribution is -2.15. The number of halogens is 2. The highest BCUT2D eigenvalue weighted by molar-refractivity contribution is 5.68. The van der Waals surface area contributed by atoms with Crippen molar-refractivity contribution in [3.05, 3.63) is 29.6 Å². The average Bonchev–Trinajstić information content (AvgIpc) is 2.13. The van der Waals surface area contributed by atoms with Crippen LogP contribution >= 0.6 is 0 Å². The summed E-state index contributed by atoms with van der Waals surface area (Å²) in [5.74, 6) is -2.58. The van der Waals surface area contributed by atoms with Crippen LogP contribution in [0.25, 0.3) is 0 Å². The Morgan fingerprint density at radius 3 is 2.67 bits per heavy atom. The van der Waals surface area contributed by atoms with E-state index in [0.29, 0.717) is 5.69 Å². The quantitative estimate of drug-likeness (QED) is 0.837. The van der Waals surface area contributed by atoms with Crippen LogP contribution in [0.4, 0.5) is 8.78 Å². The molecule has 0 spiro atoms. The molecule has 0 saturated carbocycles. The first kappa shape index (κ1) is 11.6. The van der Waals surface area contributed by atoms with E-state index in [2.05, 4.69) is 4.98 Å². The van der Waals surface area contributed by atoms with E-state index in [9.17, 15) is 13.6 Å². The number of alkyl halides is 2. The van der Waals surface area contributed by atoms with E-state index in [1.54, 1.807) is 19.1 Å². The van der Waals surface area contributed by atoms with Crippen LogP contribution in [-0.4, -0.2) is 22.5 Å². The molecule has 0 bridgehead atoms. The summed E-state index contributed by atoms with van der Waals surface area (Å²) in [4.78, 5) is 14.3. The van der Waals surface area contributed by atoms with E-state index < -0.39 is 24.7 Å². The summed E-state index contributed by atoms with van der Waals surface area (Å²) in [7, 11) is 0. The molecule has 1 aromatic heterocycles. The lowest BCUT2D eigenvalue weighted by Gasteiger charge is -2.13. The van der Waals surface area contributed by atoms with Crippen LogP contribution < -0.4 is 0 Å². The van der Waals surface area contributed by atoms with Gasteiger partial charge in [0.05, 0.1) is 18.0 Å². The van der Waals surface area contributed by atoms with Crippen molar-refractivity contribution in [2.75, 3.05) is 0 Å². The number of aliphatic carboxylic acids is 1. The number of carboxylic acids is 1. The maximum absolute atomic E-state index is 12.6. The first-order chi connectivity index (χ1) is 7.00. The van der Waals surface area contributed by atoms with Crippen LogP contribution in [0, 0.1) is 6.92 Å². The van der Waals surface area contributed by atoms with Crippen molar-refractivity contribution >= 4 is 5.97 Å². The maximum atomic E-state index is 12.6. The number of carboxylic acid groups (broad SMARTS) is 1. The molecule has 0 aliphatic heterocycles. The Morgan fingerprint density at radius 1 is 1.53 bits per heavy atom. The normalized spacial score (nSPS) is 12.8. The highest BCUT2D eigenvalue weighted by Gasteiger charge is 2.26. The number of aryl methyl sites for hydroxylation is 1. The molecule has 82 valence electrons. The Labute approximate surface area is 85.8 Å². The summed E-state index contributed by atoms with van der Waals surface area (Å²) >= 11 is 0. The minimum atomic E-state index is -2.71. The van der Waals surface area contributed by atoms with Gasteiger partial charge in [0.2, 0.25) is 6.43 Å². The van der Waals surface area contributed by atoms with E-state index in [1.165, 1.54) is 6.07 Å². The van der Waals surface area contributed by atoms with Gasteiger partial charge in [-0.1, -0.05) is 6.07 Å². The van der Waals surface area contributed by atoms with Crippen LogP contribution in [-0.2, 0) is 4.79 Å². The molecule has 0 aliphatic carbocycles. The van der Waals surface area contributed by atoms with Crippen molar-refractivity contribution < 1.29 is 18.7 Å². The number of nitrogens with zero attached hydrogens (tertiary/aromatic N) is 1. The second-order valence-electron chi connectivity index (χ2n) is 3.24. The summed E-state index contributed by atoms with van der Waals surface area (Å²) in [5, 5.41) is 8.50. The molecule has 5 heteroatoms. The van der Waals surface area contributed by atoms with E-state index in [4.69, 9.17) is 5.11 Å². The number of rotatable bonds is 4. The van der Waals surface area contributed by atoms with Gasteiger partial charge >= 0.3 is 5.97 Å². The third-order valence-corrected chi connectivity index (χ3v) is 1.99. The van der Waals surface area contributed by atoms with Crippen molar-refractivity contribution in [1.29, 1.82) is 0 Å². The van der Waals surface area contributed by atoms with Crippen molar-refractivity contribution in [2.24, 2.45) is 0 Å². The van der Waals surface area contributed by atoms with Gasteiger partial charge in [0, 0.05) is 5.69 Å². The Bertz CT molecular complexity index is 355. The van der Waals surface area contributed by atoms with Gasteiger partial charge < -0.3 is 5.11 Å². The van der Waals surface area contributed by atoms with E-state index in [-0.39, 0.29) is 5.69 Å². The van der Waals surface area contributed by atoms with Gasteiger partial charge in [-0.25, -0.2) is 8.78 Å². The van der Waals surface area contributed by atoms with Crippen LogP contribution in [0.5, 0.6) is 0 Å². The van der Waals surface area contributed by atoms with Crippen molar-refractivity contribution in [2.45, 2.75) is 25.7 Å². The highest BCUT2D eigenvalue weighted by atomic mass is 19.3. The molecule has 1 atom stereocenters. The van der Waals surface area contributed by atoms with Crippen LogP contribution in [0.15, 0.2) is 18.2 Å². The van der Waals surface area contributed by atoms with Gasteiger partial charge in [-0.15, -0.1) is 0 Å². The third kappa shape index (κ3) is 3.27. The smallest absolute Gasteiger partial charge is 0.304 e. The zero-order valence-electron chi connectivity index (χ0n) is 8.15. The van der Waals surface area contributed by atoms with Gasteiger partial charge in [-0.05, 0) is 19.1 Å². The minimum absolute atomic E-state index is 0.132. The molecule has 1 unspecified atom stereocenters. The second-order valence-corrected chi connectivity index (χ2v) is 3.24. The molecule has 0 saturated heterocycles. The minimum Gasteiger partial charge on any atom is -0.481 e. The molecular weight excluding hydrogens is 204 g/mol. The van der Waals surface area contributed by atoms with Crippen molar-refractivity contribution in [1.82, 2.24) is 4.98 Å². The molecular formula is C10H11F2NO2. The molecule has 0 aromatic carbocycles. The Balaban J connectivity index is 2.93. The number of carbonyl (C=O) groups is 1. The fraction of sp³-hybridized carbons (Fsp3) is 0.400. The summed E-state index contributed by atoms with van der Waals surface area (Å²) in [6, 6.07) is 4.69. The largest absolute Gasteiger partial charge is 0.481 e.